The largest absolute Gasteiger partial charge is 0.0695 e. The van der Waals surface area contributed by atoms with Crippen LogP contribution in [0.1, 0.15) is 46.5 Å². The summed E-state index contributed by atoms with van der Waals surface area (Å²) in [5.41, 5.74) is 3.40. The molecule has 1 unspecified atom stereocenters. The Morgan fingerprint density at radius 1 is 1.50 bits per heavy atom. The maximum atomic E-state index is 2.36. The van der Waals surface area contributed by atoms with Crippen LogP contribution in [0.2, 0.25) is 0 Å². The maximum absolute atomic E-state index is 2.36. The van der Waals surface area contributed by atoms with Gasteiger partial charge in [0.15, 0.2) is 0 Å². The van der Waals surface area contributed by atoms with Crippen LogP contribution in [0.5, 0.6) is 0 Å². The lowest BCUT2D eigenvalue weighted by atomic mass is 10.0. The molecule has 1 atom stereocenters. The van der Waals surface area contributed by atoms with Gasteiger partial charge in [-0.25, -0.2) is 0 Å². The van der Waals surface area contributed by atoms with Crippen LogP contribution < -0.4 is 0 Å². The Kier molecular flexibility index (Phi) is 2.53. The molecule has 58 valence electrons. The van der Waals surface area contributed by atoms with E-state index >= 15 is 0 Å². The Morgan fingerprint density at radius 2 is 2.10 bits per heavy atom. The highest BCUT2D eigenvalue weighted by atomic mass is 14.3. The quantitative estimate of drug-likeness (QED) is 0.521. The minimum Gasteiger partial charge on any atom is -0.0695 e. The van der Waals surface area contributed by atoms with E-state index in [0.29, 0.717) is 0 Å². The molecule has 0 aromatic rings. The van der Waals surface area contributed by atoms with E-state index in [1.165, 1.54) is 25.7 Å². The molecule has 0 aliphatic heterocycles. The fraction of sp³-hybridized carbons (Fsp3) is 0.800. The van der Waals surface area contributed by atoms with Crippen LogP contribution in [0, 0.1) is 5.92 Å². The molecule has 0 radical (unpaired) electrons. The van der Waals surface area contributed by atoms with Gasteiger partial charge >= 0.3 is 0 Å². The average molecular weight is 138 g/mol. The van der Waals surface area contributed by atoms with Crippen LogP contribution in [0.3, 0.4) is 0 Å². The Balaban J connectivity index is 2.17. The fourth-order valence-electron chi connectivity index (χ4n) is 1.52. The second-order valence-electron chi connectivity index (χ2n) is 3.53. The first kappa shape index (κ1) is 7.84. The van der Waals surface area contributed by atoms with E-state index < -0.39 is 0 Å². The van der Waals surface area contributed by atoms with E-state index in [-0.39, 0.29) is 0 Å². The van der Waals surface area contributed by atoms with Gasteiger partial charge in [-0.15, -0.1) is 0 Å². The van der Waals surface area contributed by atoms with E-state index in [0.717, 1.165) is 5.92 Å². The van der Waals surface area contributed by atoms with Crippen molar-refractivity contribution in [2.45, 2.75) is 46.5 Å². The predicted molar refractivity (Wildman–Crippen MR) is 46.0 cm³/mol. The standard InChI is InChI=1S/C10H18/c1-4-5-6-8(2)10-7-9(10)3/h8H,4-7H2,1-3H3. The van der Waals surface area contributed by atoms with Crippen LogP contribution in [0.15, 0.2) is 11.1 Å². The molecular formula is C10H18. The van der Waals surface area contributed by atoms with Crippen LogP contribution in [-0.2, 0) is 0 Å². The number of rotatable bonds is 4. The number of allylic oxidation sites excluding steroid dienone is 2. The molecule has 1 rings (SSSR count). The predicted octanol–water partition coefficient (Wildman–Crippen LogP) is 3.53. The molecular weight excluding hydrogens is 120 g/mol. The molecule has 0 saturated carbocycles. The SMILES string of the molecule is CCCCC(C)C1=C(C)C1. The molecule has 0 fully saturated rings. The van der Waals surface area contributed by atoms with Gasteiger partial charge in [-0.3, -0.25) is 0 Å². The zero-order valence-corrected chi connectivity index (χ0v) is 7.41. The molecule has 0 amide bonds. The molecule has 1 aliphatic rings. The zero-order chi connectivity index (χ0) is 7.56. The van der Waals surface area contributed by atoms with Crippen molar-refractivity contribution in [2.75, 3.05) is 0 Å². The second-order valence-corrected chi connectivity index (χ2v) is 3.53. The van der Waals surface area contributed by atoms with E-state index in [1.54, 1.807) is 11.1 Å². The highest BCUT2D eigenvalue weighted by Gasteiger charge is 2.21. The molecule has 0 bridgehead atoms. The van der Waals surface area contributed by atoms with Gasteiger partial charge in [-0.05, 0) is 25.7 Å². The minimum atomic E-state index is 0.889. The van der Waals surface area contributed by atoms with Crippen molar-refractivity contribution in [3.05, 3.63) is 11.1 Å². The summed E-state index contributed by atoms with van der Waals surface area (Å²) < 4.78 is 0. The van der Waals surface area contributed by atoms with Crippen LogP contribution in [0.25, 0.3) is 0 Å². The third kappa shape index (κ3) is 1.86. The maximum Gasteiger partial charge on any atom is -0.0103 e. The Hall–Kier alpha value is -0.260. The van der Waals surface area contributed by atoms with Gasteiger partial charge in [0.25, 0.3) is 0 Å². The van der Waals surface area contributed by atoms with Gasteiger partial charge in [0, 0.05) is 0 Å². The van der Waals surface area contributed by atoms with Crippen molar-refractivity contribution in [2.24, 2.45) is 5.92 Å². The Labute approximate surface area is 64.3 Å². The molecule has 1 aliphatic carbocycles. The molecule has 0 heteroatoms. The van der Waals surface area contributed by atoms with Crippen LogP contribution in [-0.4, -0.2) is 0 Å². The minimum absolute atomic E-state index is 0.889. The lowest BCUT2D eigenvalue weighted by Gasteiger charge is -2.04. The topological polar surface area (TPSA) is 0 Å². The lowest BCUT2D eigenvalue weighted by molar-refractivity contribution is 0.582. The van der Waals surface area contributed by atoms with Gasteiger partial charge in [0.05, 0.1) is 0 Å². The summed E-state index contributed by atoms with van der Waals surface area (Å²) in [5, 5.41) is 0. The van der Waals surface area contributed by atoms with E-state index in [9.17, 15) is 0 Å². The van der Waals surface area contributed by atoms with Crippen molar-refractivity contribution in [3.8, 4) is 0 Å². The normalized spacial score (nSPS) is 19.5. The monoisotopic (exact) mass is 138 g/mol. The van der Waals surface area contributed by atoms with Crippen LogP contribution in [0.4, 0.5) is 0 Å². The molecule has 0 aromatic heterocycles. The highest BCUT2D eigenvalue weighted by molar-refractivity contribution is 5.34. The molecule has 0 N–H and O–H groups in total. The second kappa shape index (κ2) is 3.23. The van der Waals surface area contributed by atoms with Crippen molar-refractivity contribution in [3.63, 3.8) is 0 Å². The third-order valence-electron chi connectivity index (χ3n) is 2.46. The first-order chi connectivity index (χ1) is 4.75. The van der Waals surface area contributed by atoms with Crippen LogP contribution >= 0.6 is 0 Å². The highest BCUT2D eigenvalue weighted by Crippen LogP contribution is 2.38. The Morgan fingerprint density at radius 3 is 2.50 bits per heavy atom. The molecule has 0 spiro atoms. The van der Waals surface area contributed by atoms with E-state index in [1.807, 2.05) is 0 Å². The van der Waals surface area contributed by atoms with Gasteiger partial charge in [-0.1, -0.05) is 37.8 Å². The first-order valence-corrected chi connectivity index (χ1v) is 4.44. The van der Waals surface area contributed by atoms with Gasteiger partial charge in [-0.2, -0.15) is 0 Å². The van der Waals surface area contributed by atoms with E-state index in [2.05, 4.69) is 20.8 Å². The molecule has 10 heavy (non-hydrogen) atoms. The van der Waals surface area contributed by atoms with Crippen molar-refractivity contribution >= 4 is 0 Å². The summed E-state index contributed by atoms with van der Waals surface area (Å²) in [7, 11) is 0. The average Bonchev–Trinajstić information content (AvgIpc) is 2.62. The Bertz CT molecular complexity index is 142. The lowest BCUT2D eigenvalue weighted by Crippen LogP contribution is -1.90. The zero-order valence-electron chi connectivity index (χ0n) is 7.41. The third-order valence-corrected chi connectivity index (χ3v) is 2.46. The van der Waals surface area contributed by atoms with E-state index in [4.69, 9.17) is 0 Å². The summed E-state index contributed by atoms with van der Waals surface area (Å²) in [4.78, 5) is 0. The van der Waals surface area contributed by atoms with Crippen molar-refractivity contribution < 1.29 is 0 Å². The summed E-state index contributed by atoms with van der Waals surface area (Å²) in [5.74, 6) is 0.889. The molecule has 0 nitrogen and oxygen atoms in total. The summed E-state index contributed by atoms with van der Waals surface area (Å²) in [6, 6.07) is 0. The summed E-state index contributed by atoms with van der Waals surface area (Å²) in [6.07, 6.45) is 5.49. The number of hydrogen-bond acceptors (Lipinski definition) is 0. The molecule has 0 heterocycles. The molecule has 0 aromatic carbocycles. The first-order valence-electron chi connectivity index (χ1n) is 4.44. The number of hydrogen-bond donors (Lipinski definition) is 0. The fourth-order valence-corrected chi connectivity index (χ4v) is 1.52. The summed E-state index contributed by atoms with van der Waals surface area (Å²) >= 11 is 0. The van der Waals surface area contributed by atoms with Gasteiger partial charge in [0.2, 0.25) is 0 Å². The van der Waals surface area contributed by atoms with Crippen molar-refractivity contribution in [1.82, 2.24) is 0 Å². The van der Waals surface area contributed by atoms with Gasteiger partial charge in [0.1, 0.15) is 0 Å². The number of unbranched alkanes of at least 4 members (excludes halogenated alkanes) is 1. The summed E-state index contributed by atoms with van der Waals surface area (Å²) in [6.45, 7) is 6.89. The molecule has 0 saturated heterocycles. The van der Waals surface area contributed by atoms with Gasteiger partial charge < -0.3 is 0 Å². The van der Waals surface area contributed by atoms with Crippen molar-refractivity contribution in [1.29, 1.82) is 0 Å². The smallest absolute Gasteiger partial charge is 0.0103 e.